The molecule has 3 N–H and O–H groups in total. The van der Waals surface area contributed by atoms with Crippen molar-refractivity contribution < 1.29 is 24.0 Å². The summed E-state index contributed by atoms with van der Waals surface area (Å²) < 4.78 is 10.9. The zero-order valence-electron chi connectivity index (χ0n) is 18.0. The molecule has 0 spiro atoms. The van der Waals surface area contributed by atoms with Crippen LogP contribution in [-0.4, -0.2) is 47.4 Å². The van der Waals surface area contributed by atoms with Crippen molar-refractivity contribution in [2.75, 3.05) is 36.5 Å². The summed E-state index contributed by atoms with van der Waals surface area (Å²) in [4.78, 5) is 25.7. The van der Waals surface area contributed by atoms with Crippen molar-refractivity contribution in [2.45, 2.75) is 6.61 Å². The number of thiocarbonyl (C=S) groups is 1. The van der Waals surface area contributed by atoms with Crippen molar-refractivity contribution in [2.24, 2.45) is 0 Å². The monoisotopic (exact) mass is 482 g/mol. The normalized spacial score (nSPS) is 13.4. The Balaban J connectivity index is 1.50. The minimum atomic E-state index is -0.558. The van der Waals surface area contributed by atoms with E-state index in [0.717, 1.165) is 5.56 Å². The van der Waals surface area contributed by atoms with Gasteiger partial charge in [0.25, 0.3) is 11.6 Å². The van der Waals surface area contributed by atoms with E-state index in [0.29, 0.717) is 49.2 Å². The number of amides is 1. The Morgan fingerprint density at radius 3 is 2.65 bits per heavy atom. The Bertz CT molecular complexity index is 1220. The number of aliphatic hydroxyl groups excluding tert-OH is 1. The van der Waals surface area contributed by atoms with Crippen LogP contribution in [0.3, 0.4) is 0 Å². The van der Waals surface area contributed by atoms with Crippen LogP contribution in [0.15, 0.2) is 59.0 Å². The number of rotatable bonds is 6. The Hall–Kier alpha value is -3.80. The van der Waals surface area contributed by atoms with Gasteiger partial charge in [0.1, 0.15) is 18.1 Å². The fourth-order valence-corrected chi connectivity index (χ4v) is 3.81. The third-order valence-electron chi connectivity index (χ3n) is 5.24. The largest absolute Gasteiger partial charge is 0.459 e. The van der Waals surface area contributed by atoms with Crippen LogP contribution >= 0.6 is 12.2 Å². The van der Waals surface area contributed by atoms with Crippen LogP contribution in [0.1, 0.15) is 16.1 Å². The second kappa shape index (κ2) is 10.4. The van der Waals surface area contributed by atoms with Gasteiger partial charge >= 0.3 is 0 Å². The second-order valence-electron chi connectivity index (χ2n) is 7.47. The summed E-state index contributed by atoms with van der Waals surface area (Å²) in [6.45, 7) is 1.95. The van der Waals surface area contributed by atoms with Gasteiger partial charge in [0.15, 0.2) is 5.11 Å². The van der Waals surface area contributed by atoms with Crippen molar-refractivity contribution >= 4 is 40.3 Å². The molecule has 0 saturated carbocycles. The molecular weight excluding hydrogens is 460 g/mol. The minimum Gasteiger partial charge on any atom is -0.459 e. The molecule has 10 nitrogen and oxygen atoms in total. The number of hydrogen-bond donors (Lipinski definition) is 3. The van der Waals surface area contributed by atoms with E-state index in [1.807, 2.05) is 11.0 Å². The van der Waals surface area contributed by atoms with Crippen LogP contribution < -0.4 is 15.5 Å². The number of non-ortho nitro benzene ring substituents is 1. The molecule has 0 atom stereocenters. The lowest BCUT2D eigenvalue weighted by Gasteiger charge is -2.30. The summed E-state index contributed by atoms with van der Waals surface area (Å²) in [6.07, 6.45) is 0. The van der Waals surface area contributed by atoms with Crippen LogP contribution in [0.4, 0.5) is 17.1 Å². The smallest absolute Gasteiger partial charge is 0.270 e. The summed E-state index contributed by atoms with van der Waals surface area (Å²) in [5.41, 5.74) is 1.91. The molecule has 0 unspecified atom stereocenters. The molecule has 1 fully saturated rings. The highest BCUT2D eigenvalue weighted by Gasteiger charge is 2.22. The van der Waals surface area contributed by atoms with Crippen LogP contribution in [0.2, 0.25) is 0 Å². The molecule has 34 heavy (non-hydrogen) atoms. The van der Waals surface area contributed by atoms with E-state index >= 15 is 0 Å². The van der Waals surface area contributed by atoms with Gasteiger partial charge in [-0.25, -0.2) is 0 Å². The zero-order valence-corrected chi connectivity index (χ0v) is 18.8. The third-order valence-corrected chi connectivity index (χ3v) is 5.44. The minimum absolute atomic E-state index is 0.0390. The first-order valence-corrected chi connectivity index (χ1v) is 10.9. The second-order valence-corrected chi connectivity index (χ2v) is 7.88. The molecule has 1 aliphatic heterocycles. The molecule has 2 aromatic carbocycles. The highest BCUT2D eigenvalue weighted by molar-refractivity contribution is 7.80. The molecule has 1 amide bonds. The number of morpholine rings is 1. The number of furan rings is 1. The van der Waals surface area contributed by atoms with Crippen molar-refractivity contribution in [1.82, 2.24) is 5.32 Å². The maximum Gasteiger partial charge on any atom is 0.270 e. The summed E-state index contributed by atoms with van der Waals surface area (Å²) in [5, 5.41) is 26.1. The Kier molecular flexibility index (Phi) is 7.16. The Labute approximate surface area is 200 Å². The number of hydrogen-bond acceptors (Lipinski definition) is 8. The van der Waals surface area contributed by atoms with Crippen molar-refractivity contribution in [3.8, 4) is 11.3 Å². The van der Waals surface area contributed by atoms with Gasteiger partial charge in [0, 0.05) is 36.5 Å². The van der Waals surface area contributed by atoms with Gasteiger partial charge in [-0.2, -0.15) is 0 Å². The number of aliphatic hydroxyl groups is 1. The van der Waals surface area contributed by atoms with Crippen molar-refractivity contribution in [3.63, 3.8) is 0 Å². The van der Waals surface area contributed by atoms with E-state index in [2.05, 4.69) is 10.6 Å². The maximum atomic E-state index is 13.1. The van der Waals surface area contributed by atoms with Gasteiger partial charge in [-0.3, -0.25) is 20.2 Å². The molecule has 0 bridgehead atoms. The molecule has 11 heteroatoms. The Morgan fingerprint density at radius 1 is 1.15 bits per heavy atom. The van der Waals surface area contributed by atoms with E-state index < -0.39 is 10.8 Å². The van der Waals surface area contributed by atoms with Crippen LogP contribution in [0.25, 0.3) is 11.3 Å². The predicted molar refractivity (Wildman–Crippen MR) is 130 cm³/mol. The fourth-order valence-electron chi connectivity index (χ4n) is 3.60. The van der Waals surface area contributed by atoms with E-state index in [-0.39, 0.29) is 23.0 Å². The molecule has 1 aromatic heterocycles. The number of carbonyl (C=O) groups excluding carboxylic acids is 1. The fraction of sp³-hybridized carbons (Fsp3) is 0.217. The first kappa shape index (κ1) is 23.4. The van der Waals surface area contributed by atoms with Crippen LogP contribution in [0.5, 0.6) is 0 Å². The predicted octanol–water partition coefficient (Wildman–Crippen LogP) is 3.31. The van der Waals surface area contributed by atoms with E-state index in [9.17, 15) is 20.0 Å². The number of nitro groups is 1. The van der Waals surface area contributed by atoms with Gasteiger partial charge in [-0.1, -0.05) is 12.1 Å². The topological polar surface area (TPSA) is 130 Å². The number of benzene rings is 2. The van der Waals surface area contributed by atoms with Gasteiger partial charge < -0.3 is 24.5 Å². The number of nitro benzene ring substituents is 1. The van der Waals surface area contributed by atoms with Gasteiger partial charge in [0.2, 0.25) is 0 Å². The highest BCUT2D eigenvalue weighted by atomic mass is 32.1. The quantitative estimate of drug-likeness (QED) is 0.275. The summed E-state index contributed by atoms with van der Waals surface area (Å²) in [5.74, 6) is 0.469. The van der Waals surface area contributed by atoms with E-state index in [4.69, 9.17) is 21.4 Å². The number of ether oxygens (including phenoxy) is 1. The summed E-state index contributed by atoms with van der Waals surface area (Å²) >= 11 is 5.31. The molecule has 4 rings (SSSR count). The molecule has 1 aliphatic rings. The summed E-state index contributed by atoms with van der Waals surface area (Å²) in [7, 11) is 0. The molecule has 0 aliphatic carbocycles. The summed E-state index contributed by atoms with van der Waals surface area (Å²) in [6, 6.07) is 14.8. The number of carbonyl (C=O) groups is 1. The zero-order chi connectivity index (χ0) is 24.1. The molecular formula is C23H22N4O6S. The lowest BCUT2D eigenvalue weighted by atomic mass is 10.1. The number of anilines is 2. The first-order valence-electron chi connectivity index (χ1n) is 10.5. The lowest BCUT2D eigenvalue weighted by Crippen LogP contribution is -2.39. The maximum absolute atomic E-state index is 13.1. The van der Waals surface area contributed by atoms with Crippen molar-refractivity contribution in [1.29, 1.82) is 0 Å². The average molecular weight is 483 g/mol. The number of nitrogens with zero attached hydrogens (tertiary/aromatic N) is 2. The van der Waals surface area contributed by atoms with Crippen molar-refractivity contribution in [3.05, 3.63) is 76.0 Å². The number of nitrogens with one attached hydrogen (secondary N) is 2. The van der Waals surface area contributed by atoms with E-state index in [1.54, 1.807) is 36.4 Å². The third kappa shape index (κ3) is 5.39. The molecule has 2 heterocycles. The molecule has 0 radical (unpaired) electrons. The van der Waals surface area contributed by atoms with Gasteiger partial charge in [0.05, 0.1) is 29.4 Å². The van der Waals surface area contributed by atoms with Crippen LogP contribution in [0, 0.1) is 10.1 Å². The Morgan fingerprint density at radius 2 is 1.94 bits per heavy atom. The molecule has 1 saturated heterocycles. The molecule has 176 valence electrons. The lowest BCUT2D eigenvalue weighted by molar-refractivity contribution is -0.384. The van der Waals surface area contributed by atoms with Gasteiger partial charge in [-0.05, 0) is 42.5 Å². The average Bonchev–Trinajstić information content (AvgIpc) is 3.34. The van der Waals surface area contributed by atoms with E-state index in [1.165, 1.54) is 12.1 Å². The van der Waals surface area contributed by atoms with Gasteiger partial charge in [-0.15, -0.1) is 0 Å². The highest BCUT2D eigenvalue weighted by Crippen LogP contribution is 2.27. The SMILES string of the molecule is O=C(NC(=S)Nc1cccc(-c2ccc(CO)o2)c1)c1cc([N+](=O)[O-])ccc1N1CCOCC1. The first-order chi connectivity index (χ1) is 16.4. The molecule has 3 aromatic rings. The van der Waals surface area contributed by atoms with Crippen LogP contribution in [-0.2, 0) is 11.3 Å². The standard InChI is InChI=1S/C23H22N4O6S/c28-14-18-5-7-21(33-18)15-2-1-3-16(12-15)24-23(34)25-22(29)19-13-17(27(30)31)4-6-20(19)26-8-10-32-11-9-26/h1-7,12-13,28H,8-11,14H2,(H2,24,25,29,34).